The Bertz CT molecular complexity index is 736. The minimum absolute atomic E-state index is 0.757. The molecule has 2 aromatic carbocycles. The monoisotopic (exact) mass is 385 g/mol. The van der Waals surface area contributed by atoms with Crippen LogP contribution in [0.4, 0.5) is 0 Å². The van der Waals surface area contributed by atoms with Crippen LogP contribution < -0.4 is 0 Å². The third kappa shape index (κ3) is 2.15. The number of hydrogen-bond acceptors (Lipinski definition) is 2. The van der Waals surface area contributed by atoms with Gasteiger partial charge in [0.2, 0.25) is 0 Å². The van der Waals surface area contributed by atoms with Gasteiger partial charge in [-0.25, -0.2) is 4.98 Å². The molecule has 1 heterocycles. The third-order valence-electron chi connectivity index (χ3n) is 2.78. The van der Waals surface area contributed by atoms with E-state index in [4.69, 9.17) is 16.6 Å². The Hall–Kier alpha value is -0.650. The highest BCUT2D eigenvalue weighted by Gasteiger charge is 2.11. The summed E-state index contributed by atoms with van der Waals surface area (Å²) in [7, 11) is 0. The second-order valence-electron chi connectivity index (χ2n) is 4.06. The normalized spacial score (nSPS) is 11.1. The van der Waals surface area contributed by atoms with Gasteiger partial charge in [0.1, 0.15) is 5.01 Å². The van der Waals surface area contributed by atoms with E-state index in [2.05, 4.69) is 53.8 Å². The lowest BCUT2D eigenvalue weighted by Crippen LogP contribution is -1.81. The van der Waals surface area contributed by atoms with Gasteiger partial charge < -0.3 is 0 Å². The van der Waals surface area contributed by atoms with Crippen molar-refractivity contribution in [3.8, 4) is 10.6 Å². The van der Waals surface area contributed by atoms with Crippen molar-refractivity contribution in [1.29, 1.82) is 0 Å². The first-order valence-corrected chi connectivity index (χ1v) is 7.74. The lowest BCUT2D eigenvalue weighted by atomic mass is 10.2. The number of nitrogens with zero attached hydrogens (tertiary/aromatic N) is 1. The van der Waals surface area contributed by atoms with Gasteiger partial charge in [0.05, 0.1) is 15.2 Å². The fourth-order valence-electron chi connectivity index (χ4n) is 1.86. The number of rotatable bonds is 1. The summed E-state index contributed by atoms with van der Waals surface area (Å²) in [5.41, 5.74) is 3.30. The highest BCUT2D eigenvalue weighted by molar-refractivity contribution is 14.1. The fourth-order valence-corrected chi connectivity index (χ4v) is 3.69. The summed E-state index contributed by atoms with van der Waals surface area (Å²) in [4.78, 5) is 4.72. The zero-order valence-corrected chi connectivity index (χ0v) is 13.3. The predicted octanol–water partition coefficient (Wildman–Crippen LogP) is 5.53. The summed E-state index contributed by atoms with van der Waals surface area (Å²) in [6, 6.07) is 12.3. The van der Waals surface area contributed by atoms with Crippen molar-refractivity contribution in [3.63, 3.8) is 0 Å². The zero-order valence-electron chi connectivity index (χ0n) is 9.58. The Morgan fingerprint density at radius 3 is 2.83 bits per heavy atom. The quantitative estimate of drug-likeness (QED) is 0.502. The van der Waals surface area contributed by atoms with E-state index in [0.717, 1.165) is 21.1 Å². The van der Waals surface area contributed by atoms with Crippen LogP contribution in [0.3, 0.4) is 0 Å². The van der Waals surface area contributed by atoms with Crippen LogP contribution in [0.1, 0.15) is 5.56 Å². The number of hydrogen-bond donors (Lipinski definition) is 0. The number of aryl methyl sites for hydroxylation is 1. The van der Waals surface area contributed by atoms with Crippen molar-refractivity contribution < 1.29 is 0 Å². The first-order valence-electron chi connectivity index (χ1n) is 5.47. The van der Waals surface area contributed by atoms with E-state index in [-0.39, 0.29) is 0 Å². The average molecular weight is 386 g/mol. The summed E-state index contributed by atoms with van der Waals surface area (Å²) < 4.78 is 2.38. The average Bonchev–Trinajstić information content (AvgIpc) is 2.77. The molecule has 0 atom stereocenters. The van der Waals surface area contributed by atoms with Gasteiger partial charge in [-0.2, -0.15) is 0 Å². The van der Waals surface area contributed by atoms with Crippen LogP contribution in [0, 0.1) is 10.5 Å². The Balaban J connectivity index is 2.26. The maximum atomic E-state index is 6.26. The van der Waals surface area contributed by atoms with Crippen LogP contribution in [0.15, 0.2) is 36.4 Å². The molecule has 0 bridgehead atoms. The topological polar surface area (TPSA) is 12.9 Å². The molecule has 1 aromatic heterocycles. The first kappa shape index (κ1) is 12.4. The fraction of sp³-hybridized carbons (Fsp3) is 0.0714. The third-order valence-corrected chi connectivity index (χ3v) is 4.83. The molecule has 0 radical (unpaired) electrons. The Kier molecular flexibility index (Phi) is 3.30. The number of aromatic nitrogens is 1. The summed E-state index contributed by atoms with van der Waals surface area (Å²) in [6.45, 7) is 2.09. The van der Waals surface area contributed by atoms with Crippen molar-refractivity contribution in [2.24, 2.45) is 0 Å². The smallest absolute Gasteiger partial charge is 0.126 e. The zero-order chi connectivity index (χ0) is 12.7. The molecule has 1 nitrogen and oxygen atoms in total. The van der Waals surface area contributed by atoms with E-state index in [9.17, 15) is 0 Å². The van der Waals surface area contributed by atoms with E-state index >= 15 is 0 Å². The molecule has 0 spiro atoms. The lowest BCUT2D eigenvalue weighted by molar-refractivity contribution is 1.42. The van der Waals surface area contributed by atoms with Crippen LogP contribution >= 0.6 is 45.5 Å². The second kappa shape index (κ2) is 4.79. The van der Waals surface area contributed by atoms with E-state index in [1.165, 1.54) is 13.8 Å². The Morgan fingerprint density at radius 2 is 2.06 bits per heavy atom. The molecule has 0 aliphatic rings. The van der Waals surface area contributed by atoms with Gasteiger partial charge in [-0.1, -0.05) is 23.7 Å². The molecule has 3 aromatic rings. The predicted molar refractivity (Wildman–Crippen MR) is 87.5 cm³/mol. The molecule has 0 unspecified atom stereocenters. The summed E-state index contributed by atoms with van der Waals surface area (Å²) in [6.07, 6.45) is 0. The maximum Gasteiger partial charge on any atom is 0.126 e. The summed E-state index contributed by atoms with van der Waals surface area (Å²) >= 11 is 10.2. The molecule has 0 N–H and O–H groups in total. The minimum Gasteiger partial charge on any atom is -0.236 e. The van der Waals surface area contributed by atoms with Crippen LogP contribution in [0.5, 0.6) is 0 Å². The van der Waals surface area contributed by atoms with Gasteiger partial charge in [0.15, 0.2) is 0 Å². The van der Waals surface area contributed by atoms with Crippen molar-refractivity contribution >= 4 is 55.7 Å². The Labute approximate surface area is 128 Å². The molecular formula is C14H9ClINS. The van der Waals surface area contributed by atoms with Crippen LogP contribution in [0.2, 0.25) is 5.02 Å². The lowest BCUT2D eigenvalue weighted by Gasteiger charge is -2.00. The van der Waals surface area contributed by atoms with E-state index in [1.54, 1.807) is 11.3 Å². The number of thiazole rings is 1. The van der Waals surface area contributed by atoms with Crippen molar-refractivity contribution in [3.05, 3.63) is 50.6 Å². The number of benzene rings is 2. The van der Waals surface area contributed by atoms with Crippen molar-refractivity contribution in [2.45, 2.75) is 6.92 Å². The molecule has 0 aliphatic carbocycles. The van der Waals surface area contributed by atoms with Crippen LogP contribution in [-0.2, 0) is 0 Å². The molecule has 0 fully saturated rings. The molecule has 4 heteroatoms. The van der Waals surface area contributed by atoms with E-state index < -0.39 is 0 Å². The number of halogens is 2. The minimum atomic E-state index is 0.757. The molecule has 0 saturated carbocycles. The van der Waals surface area contributed by atoms with Crippen molar-refractivity contribution in [2.75, 3.05) is 0 Å². The first-order chi connectivity index (χ1) is 8.65. The van der Waals surface area contributed by atoms with Gasteiger partial charge in [-0.05, 0) is 59.3 Å². The summed E-state index contributed by atoms with van der Waals surface area (Å²) in [5.74, 6) is 0. The number of para-hydroxylation sites is 1. The molecule has 90 valence electrons. The van der Waals surface area contributed by atoms with Gasteiger partial charge in [-0.3, -0.25) is 0 Å². The van der Waals surface area contributed by atoms with Crippen LogP contribution in [-0.4, -0.2) is 4.98 Å². The highest BCUT2D eigenvalue weighted by Crippen LogP contribution is 2.35. The van der Waals surface area contributed by atoms with Gasteiger partial charge in [-0.15, -0.1) is 11.3 Å². The molecule has 18 heavy (non-hydrogen) atoms. The molecular weight excluding hydrogens is 377 g/mol. The Morgan fingerprint density at radius 1 is 1.22 bits per heavy atom. The van der Waals surface area contributed by atoms with Gasteiger partial charge in [0.25, 0.3) is 0 Å². The van der Waals surface area contributed by atoms with Gasteiger partial charge >= 0.3 is 0 Å². The summed E-state index contributed by atoms with van der Waals surface area (Å²) in [5, 5.41) is 1.75. The largest absolute Gasteiger partial charge is 0.236 e. The van der Waals surface area contributed by atoms with Crippen LogP contribution in [0.25, 0.3) is 20.8 Å². The SMILES string of the molecule is Cc1cccc2sc(-c3cc(I)ccc3Cl)nc12. The van der Waals surface area contributed by atoms with E-state index in [1.807, 2.05) is 12.1 Å². The van der Waals surface area contributed by atoms with E-state index in [0.29, 0.717) is 0 Å². The molecule has 0 amide bonds. The maximum absolute atomic E-state index is 6.26. The molecule has 0 saturated heterocycles. The molecule has 3 rings (SSSR count). The second-order valence-corrected chi connectivity index (χ2v) is 6.75. The number of fused-ring (bicyclic) bond motifs is 1. The molecule has 0 aliphatic heterocycles. The van der Waals surface area contributed by atoms with Gasteiger partial charge in [0, 0.05) is 9.13 Å². The highest BCUT2D eigenvalue weighted by atomic mass is 127. The van der Waals surface area contributed by atoms with Crippen molar-refractivity contribution in [1.82, 2.24) is 4.98 Å². The standard InChI is InChI=1S/C14H9ClINS/c1-8-3-2-4-12-13(8)17-14(18-12)10-7-9(16)5-6-11(10)15/h2-7H,1H3.